The zero-order valence-corrected chi connectivity index (χ0v) is 14.6. The van der Waals surface area contributed by atoms with Crippen LogP contribution in [0.2, 0.25) is 0 Å². The third-order valence-electron chi connectivity index (χ3n) is 4.25. The highest BCUT2D eigenvalue weighted by molar-refractivity contribution is 7.91. The van der Waals surface area contributed by atoms with Crippen LogP contribution < -0.4 is 9.47 Å². The number of hydrogen-bond donors (Lipinski definition) is 0. The Hall–Kier alpha value is -1.76. The maximum atomic E-state index is 12.3. The molecule has 0 bridgehead atoms. The maximum Gasteiger partial charge on any atom is 0.222 e. The van der Waals surface area contributed by atoms with Gasteiger partial charge in [0.2, 0.25) is 5.91 Å². The number of nitrogens with zero attached hydrogens (tertiary/aromatic N) is 1. The smallest absolute Gasteiger partial charge is 0.222 e. The number of rotatable bonds is 6. The normalized spacial score (nSPS) is 19.3. The standard InChI is InChI=1S/C16H23NO5S/c1-17(13-8-9-23(19,20)11-13)16(18)7-4-12-10-14(21-2)5-6-15(12)22-3/h5-6,10,13H,4,7-9,11H2,1-3H3/t13-/m1/s1. The maximum absolute atomic E-state index is 12.3. The average molecular weight is 341 g/mol. The molecule has 0 radical (unpaired) electrons. The summed E-state index contributed by atoms with van der Waals surface area (Å²) >= 11 is 0. The van der Waals surface area contributed by atoms with Crippen LogP contribution in [0.3, 0.4) is 0 Å². The van der Waals surface area contributed by atoms with Crippen LogP contribution in [0.1, 0.15) is 18.4 Å². The van der Waals surface area contributed by atoms with Gasteiger partial charge in [-0.2, -0.15) is 0 Å². The number of carbonyl (C=O) groups excluding carboxylic acids is 1. The van der Waals surface area contributed by atoms with Crippen LogP contribution in [-0.2, 0) is 21.1 Å². The second kappa shape index (κ2) is 7.21. The van der Waals surface area contributed by atoms with Crippen LogP contribution in [0.15, 0.2) is 18.2 Å². The van der Waals surface area contributed by atoms with Crippen molar-refractivity contribution in [3.63, 3.8) is 0 Å². The second-order valence-corrected chi connectivity index (χ2v) is 7.97. The van der Waals surface area contributed by atoms with Gasteiger partial charge in [0.1, 0.15) is 11.5 Å². The summed E-state index contributed by atoms with van der Waals surface area (Å²) in [5.41, 5.74) is 0.896. The molecular weight excluding hydrogens is 318 g/mol. The summed E-state index contributed by atoms with van der Waals surface area (Å²) in [7, 11) is 1.86. The lowest BCUT2D eigenvalue weighted by Crippen LogP contribution is -2.37. The van der Waals surface area contributed by atoms with Gasteiger partial charge in [-0.25, -0.2) is 8.42 Å². The minimum Gasteiger partial charge on any atom is -0.497 e. The molecule has 7 heteroatoms. The predicted molar refractivity (Wildman–Crippen MR) is 87.7 cm³/mol. The van der Waals surface area contributed by atoms with E-state index >= 15 is 0 Å². The lowest BCUT2D eigenvalue weighted by atomic mass is 10.1. The molecule has 0 spiro atoms. The van der Waals surface area contributed by atoms with Crippen molar-refractivity contribution in [2.24, 2.45) is 0 Å². The average Bonchev–Trinajstić information content (AvgIpc) is 2.91. The van der Waals surface area contributed by atoms with Crippen molar-refractivity contribution >= 4 is 15.7 Å². The van der Waals surface area contributed by atoms with Gasteiger partial charge in [-0.3, -0.25) is 4.79 Å². The third kappa shape index (κ3) is 4.37. The Labute approximate surface area is 137 Å². The van der Waals surface area contributed by atoms with Crippen LogP contribution in [0.5, 0.6) is 11.5 Å². The zero-order valence-electron chi connectivity index (χ0n) is 13.7. The highest BCUT2D eigenvalue weighted by atomic mass is 32.2. The van der Waals surface area contributed by atoms with E-state index in [-0.39, 0.29) is 23.5 Å². The summed E-state index contributed by atoms with van der Waals surface area (Å²) in [6.45, 7) is 0. The van der Waals surface area contributed by atoms with E-state index in [9.17, 15) is 13.2 Å². The van der Waals surface area contributed by atoms with Gasteiger partial charge in [0.05, 0.1) is 25.7 Å². The van der Waals surface area contributed by atoms with Crippen LogP contribution >= 0.6 is 0 Å². The van der Waals surface area contributed by atoms with E-state index in [2.05, 4.69) is 0 Å². The summed E-state index contributed by atoms with van der Waals surface area (Å²) in [6, 6.07) is 5.26. The second-order valence-electron chi connectivity index (χ2n) is 5.74. The Balaban J connectivity index is 1.99. The van der Waals surface area contributed by atoms with Gasteiger partial charge >= 0.3 is 0 Å². The molecule has 0 aromatic heterocycles. The minimum atomic E-state index is -2.99. The van der Waals surface area contributed by atoms with Gasteiger partial charge in [-0.1, -0.05) is 0 Å². The van der Waals surface area contributed by atoms with E-state index in [4.69, 9.17) is 9.47 Å². The number of aryl methyl sites for hydroxylation is 1. The topological polar surface area (TPSA) is 72.9 Å². The minimum absolute atomic E-state index is 0.0584. The van der Waals surface area contributed by atoms with E-state index in [0.717, 1.165) is 5.56 Å². The van der Waals surface area contributed by atoms with Gasteiger partial charge in [0.25, 0.3) is 0 Å². The Morgan fingerprint density at radius 1 is 1.30 bits per heavy atom. The quantitative estimate of drug-likeness (QED) is 0.779. The van der Waals surface area contributed by atoms with E-state index in [1.807, 2.05) is 12.1 Å². The SMILES string of the molecule is COc1ccc(OC)c(CCC(=O)N(C)[C@@H]2CCS(=O)(=O)C2)c1. The highest BCUT2D eigenvalue weighted by Gasteiger charge is 2.32. The van der Waals surface area contributed by atoms with E-state index in [1.165, 1.54) is 0 Å². The first-order valence-electron chi connectivity index (χ1n) is 7.53. The number of carbonyl (C=O) groups is 1. The molecule has 128 valence electrons. The molecule has 2 rings (SSSR count). The molecule has 6 nitrogen and oxygen atoms in total. The summed E-state index contributed by atoms with van der Waals surface area (Å²) in [6.07, 6.45) is 1.34. The Morgan fingerprint density at radius 3 is 2.61 bits per heavy atom. The van der Waals surface area contributed by atoms with Gasteiger partial charge in [0.15, 0.2) is 9.84 Å². The number of ether oxygens (including phenoxy) is 2. The Kier molecular flexibility index (Phi) is 5.51. The van der Waals surface area contributed by atoms with E-state index < -0.39 is 9.84 Å². The van der Waals surface area contributed by atoms with Gasteiger partial charge in [-0.05, 0) is 36.6 Å². The monoisotopic (exact) mass is 341 g/mol. The molecule has 1 aromatic carbocycles. The molecule has 1 amide bonds. The summed E-state index contributed by atoms with van der Waals surface area (Å²) in [5.74, 6) is 1.60. The summed E-state index contributed by atoms with van der Waals surface area (Å²) in [5, 5.41) is 0. The molecular formula is C16H23NO5S. The lowest BCUT2D eigenvalue weighted by Gasteiger charge is -2.23. The fourth-order valence-electron chi connectivity index (χ4n) is 2.78. The van der Waals surface area contributed by atoms with Gasteiger partial charge in [-0.15, -0.1) is 0 Å². The Bertz CT molecular complexity index is 671. The molecule has 1 aliphatic heterocycles. The molecule has 0 unspecified atom stereocenters. The first-order chi connectivity index (χ1) is 10.9. The Morgan fingerprint density at radius 2 is 2.04 bits per heavy atom. The van der Waals surface area contributed by atoms with Crippen LogP contribution in [-0.4, -0.2) is 58.0 Å². The fourth-order valence-corrected chi connectivity index (χ4v) is 4.55. The summed E-state index contributed by atoms with van der Waals surface area (Å²) in [4.78, 5) is 13.9. The number of amides is 1. The fraction of sp³-hybridized carbons (Fsp3) is 0.562. The number of hydrogen-bond acceptors (Lipinski definition) is 5. The van der Waals surface area contributed by atoms with Crippen molar-refractivity contribution in [1.29, 1.82) is 0 Å². The molecule has 1 aliphatic rings. The molecule has 0 saturated carbocycles. The summed E-state index contributed by atoms with van der Waals surface area (Å²) < 4.78 is 33.6. The van der Waals surface area contributed by atoms with E-state index in [1.54, 1.807) is 32.2 Å². The zero-order chi connectivity index (χ0) is 17.0. The molecule has 1 atom stereocenters. The van der Waals surface area contributed by atoms with E-state index in [0.29, 0.717) is 30.8 Å². The van der Waals surface area contributed by atoms with Crippen LogP contribution in [0.4, 0.5) is 0 Å². The lowest BCUT2D eigenvalue weighted by molar-refractivity contribution is -0.131. The molecule has 0 aliphatic carbocycles. The van der Waals surface area contributed by atoms with Crippen LogP contribution in [0, 0.1) is 0 Å². The predicted octanol–water partition coefficient (Wildman–Crippen LogP) is 1.28. The first kappa shape index (κ1) is 17.6. The van der Waals surface area contributed by atoms with Crippen molar-refractivity contribution in [2.45, 2.75) is 25.3 Å². The van der Waals surface area contributed by atoms with Gasteiger partial charge < -0.3 is 14.4 Å². The molecule has 1 aromatic rings. The molecule has 1 saturated heterocycles. The molecule has 1 heterocycles. The van der Waals surface area contributed by atoms with Crippen LogP contribution in [0.25, 0.3) is 0 Å². The third-order valence-corrected chi connectivity index (χ3v) is 6.00. The van der Waals surface area contributed by atoms with Crippen molar-refractivity contribution in [3.05, 3.63) is 23.8 Å². The largest absolute Gasteiger partial charge is 0.497 e. The molecule has 1 fully saturated rings. The molecule has 0 N–H and O–H groups in total. The van der Waals surface area contributed by atoms with Crippen molar-refractivity contribution < 1.29 is 22.7 Å². The van der Waals surface area contributed by atoms with Gasteiger partial charge in [0, 0.05) is 19.5 Å². The number of benzene rings is 1. The number of sulfone groups is 1. The molecule has 23 heavy (non-hydrogen) atoms. The van der Waals surface area contributed by atoms with Crippen molar-refractivity contribution in [2.75, 3.05) is 32.8 Å². The highest BCUT2D eigenvalue weighted by Crippen LogP contribution is 2.25. The first-order valence-corrected chi connectivity index (χ1v) is 9.35. The number of methoxy groups -OCH3 is 2. The van der Waals surface area contributed by atoms with Crippen molar-refractivity contribution in [3.8, 4) is 11.5 Å². The van der Waals surface area contributed by atoms with Crippen molar-refractivity contribution in [1.82, 2.24) is 4.90 Å².